The van der Waals surface area contributed by atoms with Crippen molar-refractivity contribution in [1.29, 1.82) is 0 Å². The fourth-order valence-corrected chi connectivity index (χ4v) is 5.63. The van der Waals surface area contributed by atoms with Crippen LogP contribution in [0.15, 0.2) is 9.95 Å². The fourth-order valence-electron chi connectivity index (χ4n) is 3.50. The van der Waals surface area contributed by atoms with Gasteiger partial charge in [-0.3, -0.25) is 9.36 Å². The molecule has 126 valence electrons. The molecule has 0 aliphatic heterocycles. The zero-order valence-corrected chi connectivity index (χ0v) is 16.4. The molecule has 0 bridgehead atoms. The summed E-state index contributed by atoms with van der Waals surface area (Å²) in [5.74, 6) is 1.63. The van der Waals surface area contributed by atoms with Gasteiger partial charge >= 0.3 is 0 Å². The van der Waals surface area contributed by atoms with Gasteiger partial charge in [0.2, 0.25) is 0 Å². The average Bonchev–Trinajstić information content (AvgIpc) is 2.84. The molecule has 2 aromatic rings. The van der Waals surface area contributed by atoms with Crippen molar-refractivity contribution in [3.63, 3.8) is 0 Å². The van der Waals surface area contributed by atoms with E-state index in [0.717, 1.165) is 34.0 Å². The maximum absolute atomic E-state index is 13.0. The fraction of sp³-hybridized carbons (Fsp3) is 0.667. The van der Waals surface area contributed by atoms with Gasteiger partial charge in [-0.1, -0.05) is 39.5 Å². The van der Waals surface area contributed by atoms with Crippen LogP contribution in [0.4, 0.5) is 0 Å². The Labute approximate surface area is 146 Å². The standard InChI is InChI=1S/C18H26N2OS2/c1-6-20-16(21)14-12-9-8-11(18(3,4)5)10-13(12)23-15(14)19-17(20)22-7-2/h11H,6-10H2,1-5H3. The minimum absolute atomic E-state index is 0.167. The number of aromatic nitrogens is 2. The maximum Gasteiger partial charge on any atom is 0.263 e. The van der Waals surface area contributed by atoms with E-state index < -0.39 is 0 Å². The van der Waals surface area contributed by atoms with Crippen LogP contribution in [0.5, 0.6) is 0 Å². The van der Waals surface area contributed by atoms with Crippen LogP contribution < -0.4 is 5.56 Å². The molecule has 0 amide bonds. The molecule has 5 heteroatoms. The minimum atomic E-state index is 0.167. The van der Waals surface area contributed by atoms with Gasteiger partial charge in [-0.2, -0.15) is 0 Å². The highest BCUT2D eigenvalue weighted by atomic mass is 32.2. The zero-order valence-electron chi connectivity index (χ0n) is 14.7. The third-order valence-corrected chi connectivity index (χ3v) is 6.95. The summed E-state index contributed by atoms with van der Waals surface area (Å²) in [4.78, 5) is 20.2. The minimum Gasteiger partial charge on any atom is -0.287 e. The summed E-state index contributed by atoms with van der Waals surface area (Å²) < 4.78 is 1.85. The molecule has 1 aliphatic carbocycles. The second-order valence-electron chi connectivity index (χ2n) is 7.37. The Hall–Kier alpha value is -0.810. The first-order valence-corrected chi connectivity index (χ1v) is 10.3. The summed E-state index contributed by atoms with van der Waals surface area (Å²) in [6, 6.07) is 0. The van der Waals surface area contributed by atoms with Gasteiger partial charge < -0.3 is 0 Å². The summed E-state index contributed by atoms with van der Waals surface area (Å²) in [6.45, 7) is 11.8. The average molecular weight is 351 g/mol. The number of nitrogens with zero attached hydrogens (tertiary/aromatic N) is 2. The Balaban J connectivity index is 2.15. The van der Waals surface area contributed by atoms with Crippen molar-refractivity contribution in [3.8, 4) is 0 Å². The second-order valence-corrected chi connectivity index (χ2v) is 9.68. The number of rotatable bonds is 3. The third-order valence-electron chi connectivity index (χ3n) is 4.95. The van der Waals surface area contributed by atoms with Gasteiger partial charge in [0.05, 0.1) is 5.39 Å². The molecule has 2 heterocycles. The molecule has 0 fully saturated rings. The molecule has 1 unspecified atom stereocenters. The van der Waals surface area contributed by atoms with Gasteiger partial charge in [-0.15, -0.1) is 11.3 Å². The lowest BCUT2D eigenvalue weighted by molar-refractivity contribution is 0.218. The number of thiophene rings is 1. The number of thioether (sulfide) groups is 1. The van der Waals surface area contributed by atoms with E-state index in [1.165, 1.54) is 16.9 Å². The maximum atomic E-state index is 13.0. The van der Waals surface area contributed by atoms with E-state index in [2.05, 4.69) is 27.7 Å². The molecule has 0 spiro atoms. The van der Waals surface area contributed by atoms with Gasteiger partial charge in [0.15, 0.2) is 5.16 Å². The topological polar surface area (TPSA) is 34.9 Å². The lowest BCUT2D eigenvalue weighted by atomic mass is 9.72. The van der Waals surface area contributed by atoms with Crippen molar-refractivity contribution >= 4 is 33.3 Å². The van der Waals surface area contributed by atoms with E-state index in [-0.39, 0.29) is 5.56 Å². The molecule has 0 aromatic carbocycles. The number of fused-ring (bicyclic) bond motifs is 3. The summed E-state index contributed by atoms with van der Waals surface area (Å²) in [5, 5.41) is 1.78. The van der Waals surface area contributed by atoms with E-state index in [4.69, 9.17) is 4.98 Å². The van der Waals surface area contributed by atoms with Crippen LogP contribution in [0.3, 0.4) is 0 Å². The summed E-state index contributed by atoms with van der Waals surface area (Å²) in [7, 11) is 0. The molecule has 0 saturated carbocycles. The molecule has 0 saturated heterocycles. The highest BCUT2D eigenvalue weighted by molar-refractivity contribution is 7.99. The first-order valence-electron chi connectivity index (χ1n) is 8.54. The first kappa shape index (κ1) is 17.0. The first-order chi connectivity index (χ1) is 10.9. The van der Waals surface area contributed by atoms with E-state index in [1.807, 2.05) is 11.5 Å². The zero-order chi connectivity index (χ0) is 16.8. The van der Waals surface area contributed by atoms with Gasteiger partial charge in [-0.05, 0) is 48.8 Å². The highest BCUT2D eigenvalue weighted by Crippen LogP contribution is 2.42. The predicted octanol–water partition coefficient (Wildman–Crippen LogP) is 4.74. The molecular weight excluding hydrogens is 324 g/mol. The van der Waals surface area contributed by atoms with Gasteiger partial charge in [-0.25, -0.2) is 4.98 Å². The monoisotopic (exact) mass is 350 g/mol. The molecule has 1 aliphatic rings. The third kappa shape index (κ3) is 2.98. The largest absolute Gasteiger partial charge is 0.287 e. The van der Waals surface area contributed by atoms with Gasteiger partial charge in [0, 0.05) is 11.4 Å². The van der Waals surface area contributed by atoms with Gasteiger partial charge in [0.25, 0.3) is 5.56 Å². The number of hydrogen-bond acceptors (Lipinski definition) is 4. The lowest BCUT2D eigenvalue weighted by Gasteiger charge is -2.33. The highest BCUT2D eigenvalue weighted by Gasteiger charge is 2.32. The van der Waals surface area contributed by atoms with Crippen LogP contribution in [0, 0.1) is 11.3 Å². The molecule has 0 N–H and O–H groups in total. The quantitative estimate of drug-likeness (QED) is 0.592. The molecular formula is C18H26N2OS2. The number of aryl methyl sites for hydroxylation is 1. The lowest BCUT2D eigenvalue weighted by Crippen LogP contribution is -2.27. The summed E-state index contributed by atoms with van der Waals surface area (Å²) in [6.07, 6.45) is 3.30. The van der Waals surface area contributed by atoms with Crippen molar-refractivity contribution in [3.05, 3.63) is 20.8 Å². The van der Waals surface area contributed by atoms with Crippen LogP contribution in [0.1, 0.15) is 51.5 Å². The van der Waals surface area contributed by atoms with Crippen LogP contribution in [0.2, 0.25) is 0 Å². The molecule has 23 heavy (non-hydrogen) atoms. The van der Waals surface area contributed by atoms with E-state index in [0.29, 0.717) is 17.9 Å². The normalized spacial score (nSPS) is 18.4. The van der Waals surface area contributed by atoms with E-state index in [9.17, 15) is 4.79 Å². The Morgan fingerprint density at radius 3 is 2.70 bits per heavy atom. The van der Waals surface area contributed by atoms with Crippen LogP contribution >= 0.6 is 23.1 Å². The van der Waals surface area contributed by atoms with Crippen LogP contribution in [0.25, 0.3) is 10.2 Å². The Bertz CT molecular complexity index is 783. The molecule has 0 radical (unpaired) electrons. The summed E-state index contributed by atoms with van der Waals surface area (Å²) in [5.41, 5.74) is 1.78. The Morgan fingerprint density at radius 1 is 1.35 bits per heavy atom. The Morgan fingerprint density at radius 2 is 2.09 bits per heavy atom. The van der Waals surface area contributed by atoms with Gasteiger partial charge in [0.1, 0.15) is 4.83 Å². The Kier molecular flexibility index (Phi) is 4.62. The van der Waals surface area contributed by atoms with Crippen molar-refractivity contribution in [1.82, 2.24) is 9.55 Å². The summed E-state index contributed by atoms with van der Waals surface area (Å²) >= 11 is 3.42. The predicted molar refractivity (Wildman–Crippen MR) is 101 cm³/mol. The van der Waals surface area contributed by atoms with Crippen molar-refractivity contribution in [2.75, 3.05) is 5.75 Å². The van der Waals surface area contributed by atoms with E-state index in [1.54, 1.807) is 23.1 Å². The SMILES string of the molecule is CCSc1nc2sc3c(c2c(=O)n1CC)CCC(C(C)(C)C)C3. The smallest absolute Gasteiger partial charge is 0.263 e. The number of hydrogen-bond donors (Lipinski definition) is 0. The van der Waals surface area contributed by atoms with Crippen molar-refractivity contribution < 1.29 is 0 Å². The second kappa shape index (κ2) is 6.25. The van der Waals surface area contributed by atoms with E-state index >= 15 is 0 Å². The van der Waals surface area contributed by atoms with Crippen molar-refractivity contribution in [2.24, 2.45) is 11.3 Å². The molecule has 1 atom stereocenters. The molecule has 3 nitrogen and oxygen atoms in total. The molecule has 3 rings (SSSR count). The van der Waals surface area contributed by atoms with Crippen LogP contribution in [-0.4, -0.2) is 15.3 Å². The van der Waals surface area contributed by atoms with Crippen LogP contribution in [-0.2, 0) is 19.4 Å². The van der Waals surface area contributed by atoms with Crippen molar-refractivity contribution in [2.45, 2.75) is 65.6 Å². The molecule has 2 aromatic heterocycles.